The minimum atomic E-state index is -3.51. The molecule has 1 saturated carbocycles. The number of piperazine rings is 1. The zero-order chi connectivity index (χ0) is 21.3. The Morgan fingerprint density at radius 3 is 2.27 bits per heavy atom. The second-order valence-electron chi connectivity index (χ2n) is 8.16. The van der Waals surface area contributed by atoms with Crippen LogP contribution in [0.4, 0.5) is 11.4 Å². The smallest absolute Gasteiger partial charge is 0.255 e. The van der Waals surface area contributed by atoms with E-state index in [4.69, 9.17) is 0 Å². The highest BCUT2D eigenvalue weighted by molar-refractivity contribution is 7.89. The van der Waals surface area contributed by atoms with Crippen molar-refractivity contribution in [1.29, 1.82) is 0 Å². The van der Waals surface area contributed by atoms with E-state index in [1.54, 1.807) is 12.1 Å². The van der Waals surface area contributed by atoms with Crippen LogP contribution in [0.15, 0.2) is 47.4 Å². The minimum Gasteiger partial charge on any atom is -0.369 e. The van der Waals surface area contributed by atoms with Crippen LogP contribution >= 0.6 is 0 Å². The lowest BCUT2D eigenvalue weighted by Crippen LogP contribution is -2.44. The fourth-order valence-electron chi connectivity index (χ4n) is 3.52. The highest BCUT2D eigenvalue weighted by Crippen LogP contribution is 2.25. The van der Waals surface area contributed by atoms with Gasteiger partial charge in [-0.2, -0.15) is 0 Å². The molecule has 7 nitrogen and oxygen atoms in total. The predicted octanol–water partition coefficient (Wildman–Crippen LogP) is 2.44. The van der Waals surface area contributed by atoms with Crippen molar-refractivity contribution >= 4 is 27.3 Å². The first-order chi connectivity index (χ1) is 14.3. The van der Waals surface area contributed by atoms with E-state index in [1.165, 1.54) is 12.1 Å². The molecule has 2 fully saturated rings. The third kappa shape index (κ3) is 4.83. The maximum Gasteiger partial charge on any atom is 0.255 e. The molecule has 8 heteroatoms. The summed E-state index contributed by atoms with van der Waals surface area (Å²) >= 11 is 0. The Kier molecular flexibility index (Phi) is 5.81. The Labute approximate surface area is 178 Å². The molecule has 0 bridgehead atoms. The lowest BCUT2D eigenvalue weighted by Gasteiger charge is -2.34. The van der Waals surface area contributed by atoms with Gasteiger partial charge >= 0.3 is 0 Å². The molecule has 2 aromatic rings. The average molecular weight is 429 g/mol. The fraction of sp³-hybridized carbons (Fsp3) is 0.409. The monoisotopic (exact) mass is 428 g/mol. The van der Waals surface area contributed by atoms with Gasteiger partial charge < -0.3 is 15.1 Å². The molecule has 2 N–H and O–H groups in total. The lowest BCUT2D eigenvalue weighted by atomic mass is 10.1. The number of aryl methyl sites for hydroxylation is 1. The van der Waals surface area contributed by atoms with Crippen LogP contribution in [-0.2, 0) is 10.0 Å². The summed E-state index contributed by atoms with van der Waals surface area (Å²) in [5, 5.41) is 2.93. The summed E-state index contributed by atoms with van der Waals surface area (Å²) in [5.74, 6) is -0.260. The fourth-order valence-corrected chi connectivity index (χ4v) is 4.82. The molecule has 1 aliphatic carbocycles. The van der Waals surface area contributed by atoms with E-state index < -0.39 is 10.0 Å². The van der Waals surface area contributed by atoms with E-state index in [-0.39, 0.29) is 16.8 Å². The number of carbonyl (C=O) groups is 1. The number of anilines is 2. The molecule has 0 atom stereocenters. The Hall–Kier alpha value is -2.42. The van der Waals surface area contributed by atoms with E-state index >= 15 is 0 Å². The van der Waals surface area contributed by atoms with Crippen molar-refractivity contribution in [2.45, 2.75) is 30.7 Å². The number of carbonyl (C=O) groups excluding carboxylic acids is 1. The van der Waals surface area contributed by atoms with E-state index in [0.29, 0.717) is 5.56 Å². The quantitative estimate of drug-likeness (QED) is 0.739. The first kappa shape index (κ1) is 20.8. The van der Waals surface area contributed by atoms with Gasteiger partial charge in [-0.05, 0) is 74.8 Å². The van der Waals surface area contributed by atoms with Crippen molar-refractivity contribution < 1.29 is 13.2 Å². The van der Waals surface area contributed by atoms with Crippen LogP contribution in [0.1, 0.15) is 28.8 Å². The topological polar surface area (TPSA) is 81.8 Å². The van der Waals surface area contributed by atoms with Gasteiger partial charge in [0, 0.05) is 49.2 Å². The molecule has 160 valence electrons. The third-order valence-corrected chi connectivity index (χ3v) is 7.19. The zero-order valence-corrected chi connectivity index (χ0v) is 18.2. The van der Waals surface area contributed by atoms with Gasteiger partial charge in [0.05, 0.1) is 4.90 Å². The van der Waals surface area contributed by atoms with Crippen LogP contribution in [0.5, 0.6) is 0 Å². The highest BCUT2D eigenvalue weighted by Gasteiger charge is 2.28. The molecule has 1 amide bonds. The summed E-state index contributed by atoms with van der Waals surface area (Å²) in [6.07, 6.45) is 1.76. The minimum absolute atomic E-state index is 0.0507. The average Bonchev–Trinajstić information content (AvgIpc) is 3.53. The number of nitrogens with one attached hydrogen (secondary N) is 2. The molecule has 30 heavy (non-hydrogen) atoms. The summed E-state index contributed by atoms with van der Waals surface area (Å²) in [5.41, 5.74) is 3.33. The maximum absolute atomic E-state index is 12.6. The zero-order valence-electron chi connectivity index (χ0n) is 17.4. The van der Waals surface area contributed by atoms with Crippen LogP contribution in [0, 0.1) is 6.92 Å². The number of sulfonamides is 1. The Morgan fingerprint density at radius 1 is 1.00 bits per heavy atom. The largest absolute Gasteiger partial charge is 0.369 e. The van der Waals surface area contributed by atoms with Gasteiger partial charge in [0.1, 0.15) is 0 Å². The molecule has 1 heterocycles. The van der Waals surface area contributed by atoms with Gasteiger partial charge in [0.2, 0.25) is 10.0 Å². The van der Waals surface area contributed by atoms with Gasteiger partial charge in [-0.25, -0.2) is 13.1 Å². The first-order valence-corrected chi connectivity index (χ1v) is 11.8. The summed E-state index contributed by atoms with van der Waals surface area (Å²) < 4.78 is 27.2. The van der Waals surface area contributed by atoms with Crippen LogP contribution < -0.4 is 14.9 Å². The number of rotatable bonds is 6. The lowest BCUT2D eigenvalue weighted by molar-refractivity contribution is 0.102. The van der Waals surface area contributed by atoms with Crippen LogP contribution in [0.25, 0.3) is 0 Å². The Morgan fingerprint density at radius 2 is 1.67 bits per heavy atom. The third-order valence-electron chi connectivity index (χ3n) is 5.65. The van der Waals surface area contributed by atoms with Gasteiger partial charge in [-0.15, -0.1) is 0 Å². The van der Waals surface area contributed by atoms with E-state index in [1.807, 2.05) is 19.1 Å². The van der Waals surface area contributed by atoms with Gasteiger partial charge in [-0.3, -0.25) is 4.79 Å². The van der Waals surface area contributed by atoms with Crippen molar-refractivity contribution in [2.75, 3.05) is 43.4 Å². The van der Waals surface area contributed by atoms with Crippen LogP contribution in [0.2, 0.25) is 0 Å². The summed E-state index contributed by atoms with van der Waals surface area (Å²) in [7, 11) is -1.38. The van der Waals surface area contributed by atoms with E-state index in [2.05, 4.69) is 33.0 Å². The molecule has 2 aliphatic rings. The van der Waals surface area contributed by atoms with Crippen molar-refractivity contribution in [3.05, 3.63) is 53.6 Å². The molecule has 0 radical (unpaired) electrons. The number of hydrogen-bond donors (Lipinski definition) is 2. The van der Waals surface area contributed by atoms with Crippen molar-refractivity contribution in [3.63, 3.8) is 0 Å². The van der Waals surface area contributed by atoms with Crippen LogP contribution in [-0.4, -0.2) is 58.5 Å². The Balaban J connectivity index is 1.42. The summed E-state index contributed by atoms with van der Waals surface area (Å²) in [6, 6.07) is 12.2. The van der Waals surface area contributed by atoms with E-state index in [0.717, 1.165) is 56.0 Å². The van der Waals surface area contributed by atoms with Gasteiger partial charge in [0.15, 0.2) is 0 Å². The standard InChI is InChI=1S/C22H28N4O3S/c1-16-15-19(26-13-11-25(2)12-14-26)7-10-21(16)23-22(27)17-3-8-20(9-4-17)30(28,29)24-18-5-6-18/h3-4,7-10,15,18,24H,5-6,11-14H2,1-2H3,(H,23,27). The molecule has 2 aromatic carbocycles. The van der Waals surface area contributed by atoms with Gasteiger partial charge in [-0.1, -0.05) is 0 Å². The van der Waals surface area contributed by atoms with Crippen LogP contribution in [0.3, 0.4) is 0 Å². The number of likely N-dealkylation sites (N-methyl/N-ethyl adjacent to an activating group) is 1. The molecule has 1 aliphatic heterocycles. The molecule has 4 rings (SSSR count). The molecule has 0 aromatic heterocycles. The molecule has 0 unspecified atom stereocenters. The second-order valence-corrected chi connectivity index (χ2v) is 9.88. The van der Waals surface area contributed by atoms with Crippen molar-refractivity contribution in [2.24, 2.45) is 0 Å². The van der Waals surface area contributed by atoms with E-state index in [9.17, 15) is 13.2 Å². The normalized spacial score (nSPS) is 17.7. The molecule has 1 saturated heterocycles. The Bertz CT molecular complexity index is 1020. The molecular weight excluding hydrogens is 400 g/mol. The highest BCUT2D eigenvalue weighted by atomic mass is 32.2. The number of amides is 1. The number of nitrogens with zero attached hydrogens (tertiary/aromatic N) is 2. The summed E-state index contributed by atoms with van der Waals surface area (Å²) in [4.78, 5) is 17.5. The predicted molar refractivity (Wildman–Crippen MR) is 119 cm³/mol. The maximum atomic E-state index is 12.6. The molecule has 0 spiro atoms. The van der Waals surface area contributed by atoms with Gasteiger partial charge in [0.25, 0.3) is 5.91 Å². The summed E-state index contributed by atoms with van der Waals surface area (Å²) in [6.45, 7) is 6.05. The second kappa shape index (κ2) is 8.37. The molecular formula is C22H28N4O3S. The first-order valence-electron chi connectivity index (χ1n) is 10.3. The number of hydrogen-bond acceptors (Lipinski definition) is 5. The SMILES string of the molecule is Cc1cc(N2CCN(C)CC2)ccc1NC(=O)c1ccc(S(=O)(=O)NC2CC2)cc1. The van der Waals surface area contributed by atoms with Crippen molar-refractivity contribution in [1.82, 2.24) is 9.62 Å². The number of benzene rings is 2. The van der Waals surface area contributed by atoms with Crippen molar-refractivity contribution in [3.8, 4) is 0 Å².